The number of nitrogens with two attached hydrogens (primary N) is 6. The Bertz CT molecular complexity index is 384. The van der Waals surface area contributed by atoms with Crippen LogP contribution in [0, 0.1) is 0 Å². The van der Waals surface area contributed by atoms with Crippen molar-refractivity contribution in [1.29, 1.82) is 0 Å². The number of hydrogen-bond donors (Lipinski definition) is 12. The summed E-state index contributed by atoms with van der Waals surface area (Å²) in [5.74, 6) is 4.78. The Morgan fingerprint density at radius 2 is 0.303 bits per heavy atom. The van der Waals surface area contributed by atoms with Gasteiger partial charge in [-0.2, -0.15) is 34.5 Å². The first kappa shape index (κ1) is 158. The summed E-state index contributed by atoms with van der Waals surface area (Å²) in [5, 5.41) is 18.9. The van der Waals surface area contributed by atoms with Crippen LogP contribution in [0.25, 0.3) is 0 Å². The molecule has 24 N–H and O–H groups in total. The summed E-state index contributed by atoms with van der Waals surface area (Å²) in [6, 6.07) is 0. The second-order valence-electron chi connectivity index (χ2n) is 9.58. The molecule has 0 aromatic rings. The van der Waals surface area contributed by atoms with Gasteiger partial charge in [-0.1, -0.05) is 0 Å². The van der Waals surface area contributed by atoms with Gasteiger partial charge in [0.2, 0.25) is 0 Å². The SMILES string of the molecule is Cl.Cl.Cl.Cl.Cl.Cl.Cl.Cl.Cl.Cl.Cl.Cl.NCCCNCC[S-].NCCCNCC[S-].NCCCNCC[S-].NCCCNCC[S-].NCCCNCC[S-].NCCCNCC[S-].O.O.O.[Ge].[Ge].[Ge]. The van der Waals surface area contributed by atoms with E-state index in [1.807, 2.05) is 0 Å². The first-order valence-electron chi connectivity index (χ1n) is 17.4. The van der Waals surface area contributed by atoms with E-state index in [0.717, 1.165) is 191 Å². The molecular formula is C30H96Cl12Ge3N12O3S6-6. The molecule has 0 fully saturated rings. The number of rotatable bonds is 30. The van der Waals surface area contributed by atoms with Crippen molar-refractivity contribution in [3.05, 3.63) is 0 Å². The van der Waals surface area contributed by atoms with Crippen molar-refractivity contribution in [3.63, 3.8) is 0 Å². The van der Waals surface area contributed by atoms with Gasteiger partial charge >= 0.3 is 0 Å². The van der Waals surface area contributed by atoms with E-state index in [2.05, 4.69) is 31.9 Å². The molecule has 0 aliphatic carbocycles. The zero-order valence-corrected chi connectivity index (χ0v) is 59.0. The van der Waals surface area contributed by atoms with E-state index < -0.39 is 0 Å². The van der Waals surface area contributed by atoms with E-state index in [0.29, 0.717) is 0 Å². The van der Waals surface area contributed by atoms with Crippen LogP contribution in [0.1, 0.15) is 38.5 Å². The van der Waals surface area contributed by atoms with Crippen LogP contribution in [0.5, 0.6) is 0 Å². The molecule has 0 spiro atoms. The van der Waals surface area contributed by atoms with E-state index >= 15 is 0 Å². The van der Waals surface area contributed by atoms with Crippen LogP contribution in [0.4, 0.5) is 0 Å². The average Bonchev–Trinajstić information content (AvgIpc) is 3.11. The Balaban J connectivity index is -0.0000000138. The van der Waals surface area contributed by atoms with Gasteiger partial charge in [0.1, 0.15) is 0 Å². The molecule has 0 bridgehead atoms. The maximum atomic E-state index is 5.24. The van der Waals surface area contributed by atoms with Crippen LogP contribution >= 0.6 is 149 Å². The van der Waals surface area contributed by atoms with Gasteiger partial charge in [-0.05, 0) is 156 Å². The first-order valence-corrected chi connectivity index (χ1v) is 20.9. The molecule has 0 atom stereocenters. The molecule has 66 heavy (non-hydrogen) atoms. The van der Waals surface area contributed by atoms with Gasteiger partial charge in [-0.3, -0.25) is 0 Å². The first-order chi connectivity index (χ1) is 23.5. The summed E-state index contributed by atoms with van der Waals surface area (Å²) in [6.45, 7) is 16.3. The summed E-state index contributed by atoms with van der Waals surface area (Å²) in [6.07, 6.45) is 6.31. The second-order valence-corrected chi connectivity index (χ2v) is 12.0. The minimum absolute atomic E-state index is 0. The fourth-order valence-corrected chi connectivity index (χ4v) is 3.41. The zero-order chi connectivity index (χ0) is 37.5. The van der Waals surface area contributed by atoms with Gasteiger partial charge in [0.05, 0.1) is 0 Å². The second kappa shape index (κ2) is 197. The summed E-state index contributed by atoms with van der Waals surface area (Å²) >= 11 is 28.2. The maximum Gasteiger partial charge on any atom is 0 e. The standard InChI is InChI=1S/6C5H14N2S.12ClH.3Ge.3H2O/c6*6-2-1-3-7-4-5-8;;;;;;;;;;;;;;;;;;/h6*7-8H,1-6H2;12*1H;;;;3*1H2/p-6. The van der Waals surface area contributed by atoms with Crippen LogP contribution < -0.4 is 66.3 Å². The van der Waals surface area contributed by atoms with Crippen molar-refractivity contribution < 1.29 is 16.4 Å². The van der Waals surface area contributed by atoms with Gasteiger partial charge in [0.15, 0.2) is 0 Å². The Hall–Kier alpha value is 6.61. The van der Waals surface area contributed by atoms with E-state index in [9.17, 15) is 0 Å². The molecule has 12 radical (unpaired) electrons. The average molecular weight is 1510 g/mol. The zero-order valence-electron chi connectivity index (χ0n) is 38.0. The van der Waals surface area contributed by atoms with Crippen LogP contribution in [-0.2, 0) is 75.8 Å². The molecule has 0 saturated carbocycles. The number of hydrogen-bond acceptors (Lipinski definition) is 18. The van der Waals surface area contributed by atoms with Crippen molar-refractivity contribution in [2.24, 2.45) is 34.4 Å². The predicted molar refractivity (Wildman–Crippen MR) is 348 cm³/mol. The van der Waals surface area contributed by atoms with Crippen molar-refractivity contribution in [1.82, 2.24) is 31.9 Å². The third-order valence-corrected chi connectivity index (χ3v) is 6.24. The number of halogens is 12. The van der Waals surface area contributed by atoms with E-state index in [1.165, 1.54) is 0 Å². The Morgan fingerprint density at radius 1 is 0.212 bits per heavy atom. The molecular weight excluding hydrogens is 1410 g/mol. The number of nitrogens with one attached hydrogen (secondary N) is 6. The van der Waals surface area contributed by atoms with Crippen molar-refractivity contribution in [3.8, 4) is 0 Å². The van der Waals surface area contributed by atoms with Crippen molar-refractivity contribution in [2.75, 3.05) is 152 Å². The summed E-state index contributed by atoms with van der Waals surface area (Å²) < 4.78 is 0. The fourth-order valence-electron chi connectivity index (χ4n) is 2.55. The third kappa shape index (κ3) is 255. The van der Waals surface area contributed by atoms with Crippen LogP contribution in [0.3, 0.4) is 0 Å². The molecule has 0 heterocycles. The monoisotopic (exact) mass is 1510 g/mol. The van der Waals surface area contributed by atoms with Crippen LogP contribution in [-0.4, -0.2) is 222 Å². The summed E-state index contributed by atoms with van der Waals surface area (Å²) in [5.41, 5.74) is 31.5. The van der Waals surface area contributed by atoms with Gasteiger partial charge in [-0.15, -0.1) is 149 Å². The Kier molecular flexibility index (Phi) is 469. The molecule has 0 aromatic carbocycles. The van der Waals surface area contributed by atoms with Crippen LogP contribution in [0.2, 0.25) is 0 Å². The Labute approximate surface area is 544 Å². The molecule has 432 valence electrons. The molecule has 0 unspecified atom stereocenters. The van der Waals surface area contributed by atoms with Crippen LogP contribution in [0.15, 0.2) is 0 Å². The summed E-state index contributed by atoms with van der Waals surface area (Å²) in [7, 11) is 0. The van der Waals surface area contributed by atoms with Gasteiger partial charge < -0.3 is 159 Å². The molecule has 0 aliphatic rings. The molecule has 0 rings (SSSR count). The minimum Gasteiger partial charge on any atom is -0.791 e. The fraction of sp³-hybridized carbons (Fsp3) is 1.00. The van der Waals surface area contributed by atoms with Gasteiger partial charge in [0, 0.05) is 52.8 Å². The van der Waals surface area contributed by atoms with Gasteiger partial charge in [-0.25, -0.2) is 0 Å². The maximum absolute atomic E-state index is 5.24. The summed E-state index contributed by atoms with van der Waals surface area (Å²) in [4.78, 5) is 0. The normalized spacial score (nSPS) is 7.09. The van der Waals surface area contributed by atoms with Gasteiger partial charge in [0.25, 0.3) is 0 Å². The molecule has 0 saturated heterocycles. The quantitative estimate of drug-likeness (QED) is 0.0216. The van der Waals surface area contributed by atoms with Crippen molar-refractivity contribution >= 4 is 277 Å². The largest absolute Gasteiger partial charge is 0.791 e. The molecule has 0 amide bonds. The van der Waals surface area contributed by atoms with E-state index in [-0.39, 0.29) is 218 Å². The molecule has 0 aromatic heterocycles. The smallest absolute Gasteiger partial charge is 0 e. The predicted octanol–water partition coefficient (Wildman–Crippen LogP) is -1.72. The molecule has 0 aliphatic heterocycles. The Morgan fingerprint density at radius 3 is 0.364 bits per heavy atom. The third-order valence-electron chi connectivity index (χ3n) is 5.02. The van der Waals surface area contributed by atoms with Crippen molar-refractivity contribution in [2.45, 2.75) is 38.5 Å². The molecule has 15 nitrogen and oxygen atoms in total. The van der Waals surface area contributed by atoms with E-state index in [1.54, 1.807) is 0 Å². The molecule has 36 heteroatoms. The minimum atomic E-state index is 0. The van der Waals surface area contributed by atoms with E-state index in [4.69, 9.17) is 110 Å². The topological polar surface area (TPSA) is 323 Å².